The van der Waals surface area contributed by atoms with Crippen LogP contribution in [0.15, 0.2) is 18.5 Å². The number of hydrogen-bond donors (Lipinski definition) is 0. The highest BCUT2D eigenvalue weighted by atomic mass is 16.5. The minimum atomic E-state index is -0.0886. The van der Waals surface area contributed by atoms with Crippen LogP contribution in [-0.2, 0) is 23.3 Å². The van der Waals surface area contributed by atoms with Gasteiger partial charge >= 0.3 is 0 Å². The van der Waals surface area contributed by atoms with E-state index in [1.54, 1.807) is 7.11 Å². The summed E-state index contributed by atoms with van der Waals surface area (Å²) in [6.07, 6.45) is 6.29. The van der Waals surface area contributed by atoms with Gasteiger partial charge in [0.1, 0.15) is 17.5 Å². The van der Waals surface area contributed by atoms with E-state index in [1.807, 2.05) is 6.20 Å². The SMILES string of the molecule is COCc1cc(N2CCCC2Cn2ccnc2C)nc(C(C)(C)C)n1. The van der Waals surface area contributed by atoms with Crippen molar-refractivity contribution in [2.45, 2.75) is 65.1 Å². The van der Waals surface area contributed by atoms with Crippen molar-refractivity contribution in [3.05, 3.63) is 35.8 Å². The number of aromatic nitrogens is 4. The van der Waals surface area contributed by atoms with Crippen molar-refractivity contribution in [2.75, 3.05) is 18.6 Å². The van der Waals surface area contributed by atoms with Crippen LogP contribution in [0.4, 0.5) is 5.82 Å². The Kier molecular flexibility index (Phi) is 5.08. The van der Waals surface area contributed by atoms with Gasteiger partial charge in [-0.1, -0.05) is 20.8 Å². The predicted molar refractivity (Wildman–Crippen MR) is 98.8 cm³/mol. The molecule has 3 rings (SSSR count). The van der Waals surface area contributed by atoms with Gasteiger partial charge in [-0.25, -0.2) is 15.0 Å². The maximum Gasteiger partial charge on any atom is 0.136 e. The zero-order valence-electron chi connectivity index (χ0n) is 16.0. The maximum absolute atomic E-state index is 5.32. The van der Waals surface area contributed by atoms with Gasteiger partial charge in [0.25, 0.3) is 0 Å². The highest BCUT2D eigenvalue weighted by Crippen LogP contribution is 2.28. The summed E-state index contributed by atoms with van der Waals surface area (Å²) in [5.41, 5.74) is 0.858. The summed E-state index contributed by atoms with van der Waals surface area (Å²) in [4.78, 5) is 16.4. The van der Waals surface area contributed by atoms with Crippen molar-refractivity contribution < 1.29 is 4.74 Å². The minimum Gasteiger partial charge on any atom is -0.378 e. The molecule has 1 aliphatic heterocycles. The van der Waals surface area contributed by atoms with E-state index in [0.717, 1.165) is 36.3 Å². The molecule has 6 heteroatoms. The van der Waals surface area contributed by atoms with Crippen molar-refractivity contribution in [3.63, 3.8) is 0 Å². The highest BCUT2D eigenvalue weighted by Gasteiger charge is 2.28. The molecular formula is C19H29N5O. The van der Waals surface area contributed by atoms with E-state index in [1.165, 1.54) is 12.8 Å². The normalized spacial score (nSPS) is 18.1. The van der Waals surface area contributed by atoms with Crippen molar-refractivity contribution in [3.8, 4) is 0 Å². The molecule has 3 heterocycles. The Morgan fingerprint density at radius 3 is 2.72 bits per heavy atom. The lowest BCUT2D eigenvalue weighted by atomic mass is 9.95. The molecule has 0 aromatic carbocycles. The van der Waals surface area contributed by atoms with E-state index >= 15 is 0 Å². The number of methoxy groups -OCH3 is 1. The summed E-state index contributed by atoms with van der Waals surface area (Å²) in [6, 6.07) is 2.52. The third-order valence-electron chi connectivity index (χ3n) is 4.73. The number of imidazole rings is 1. The number of hydrogen-bond acceptors (Lipinski definition) is 5. The van der Waals surface area contributed by atoms with Crippen molar-refractivity contribution >= 4 is 5.82 Å². The molecule has 2 aromatic heterocycles. The van der Waals surface area contributed by atoms with E-state index < -0.39 is 0 Å². The summed E-state index contributed by atoms with van der Waals surface area (Å²) in [7, 11) is 1.71. The lowest BCUT2D eigenvalue weighted by Crippen LogP contribution is -2.34. The summed E-state index contributed by atoms with van der Waals surface area (Å²) in [5.74, 6) is 2.96. The van der Waals surface area contributed by atoms with E-state index in [9.17, 15) is 0 Å². The van der Waals surface area contributed by atoms with Gasteiger partial charge in [-0.15, -0.1) is 0 Å². The highest BCUT2D eigenvalue weighted by molar-refractivity contribution is 5.43. The lowest BCUT2D eigenvalue weighted by Gasteiger charge is -2.28. The summed E-state index contributed by atoms with van der Waals surface area (Å²) in [6.45, 7) is 11.0. The summed E-state index contributed by atoms with van der Waals surface area (Å²) in [5, 5.41) is 0. The first-order valence-electron chi connectivity index (χ1n) is 9.00. The number of nitrogens with zero attached hydrogens (tertiary/aromatic N) is 5. The molecule has 1 fully saturated rings. The standard InChI is InChI=1S/C19H29N5O/c1-14-20-8-10-23(14)12-16-7-6-9-24(16)17-11-15(13-25-5)21-18(22-17)19(2,3)4/h8,10-11,16H,6-7,9,12-13H2,1-5H3. The Labute approximate surface area is 150 Å². The van der Waals surface area contributed by atoms with Crippen LogP contribution in [0.1, 0.15) is 51.0 Å². The van der Waals surface area contributed by atoms with E-state index in [-0.39, 0.29) is 5.41 Å². The third kappa shape index (κ3) is 4.00. The Hall–Kier alpha value is -1.95. The fourth-order valence-corrected chi connectivity index (χ4v) is 3.34. The van der Waals surface area contributed by atoms with Crippen LogP contribution in [0.25, 0.3) is 0 Å². The predicted octanol–water partition coefficient (Wildman–Crippen LogP) is 3.09. The Morgan fingerprint density at radius 1 is 1.28 bits per heavy atom. The largest absolute Gasteiger partial charge is 0.378 e. The van der Waals surface area contributed by atoms with Gasteiger partial charge in [0.05, 0.1) is 12.3 Å². The second-order valence-electron chi connectivity index (χ2n) is 7.84. The van der Waals surface area contributed by atoms with E-state index in [4.69, 9.17) is 14.7 Å². The second-order valence-corrected chi connectivity index (χ2v) is 7.84. The van der Waals surface area contributed by atoms with Crippen LogP contribution in [0.5, 0.6) is 0 Å². The van der Waals surface area contributed by atoms with Crippen molar-refractivity contribution in [1.29, 1.82) is 0 Å². The lowest BCUT2D eigenvalue weighted by molar-refractivity contribution is 0.181. The van der Waals surface area contributed by atoms with Crippen LogP contribution >= 0.6 is 0 Å². The van der Waals surface area contributed by atoms with Gasteiger partial charge in [-0.3, -0.25) is 0 Å². The molecule has 2 aromatic rings. The van der Waals surface area contributed by atoms with Crippen LogP contribution in [0.2, 0.25) is 0 Å². The fraction of sp³-hybridized carbons (Fsp3) is 0.632. The van der Waals surface area contributed by atoms with E-state index in [0.29, 0.717) is 12.6 Å². The molecule has 0 radical (unpaired) electrons. The monoisotopic (exact) mass is 343 g/mol. The molecule has 25 heavy (non-hydrogen) atoms. The molecular weight excluding hydrogens is 314 g/mol. The Morgan fingerprint density at radius 2 is 2.08 bits per heavy atom. The van der Waals surface area contributed by atoms with Crippen LogP contribution in [-0.4, -0.2) is 39.2 Å². The zero-order valence-corrected chi connectivity index (χ0v) is 16.0. The second kappa shape index (κ2) is 7.12. The first-order chi connectivity index (χ1) is 11.9. The Bertz CT molecular complexity index is 719. The van der Waals surface area contributed by atoms with E-state index in [2.05, 4.69) is 54.4 Å². The molecule has 0 bridgehead atoms. The summed E-state index contributed by atoms with van der Waals surface area (Å²) < 4.78 is 7.55. The Balaban J connectivity index is 1.90. The first kappa shape index (κ1) is 17.9. The molecule has 0 N–H and O–H groups in total. The average Bonchev–Trinajstić information content (AvgIpc) is 3.17. The topological polar surface area (TPSA) is 56.1 Å². The molecule has 1 aliphatic rings. The molecule has 0 saturated carbocycles. The first-order valence-corrected chi connectivity index (χ1v) is 9.00. The average molecular weight is 343 g/mol. The van der Waals surface area contributed by atoms with Crippen molar-refractivity contribution in [2.24, 2.45) is 0 Å². The van der Waals surface area contributed by atoms with Gasteiger partial charge in [0.2, 0.25) is 0 Å². The van der Waals surface area contributed by atoms with Gasteiger partial charge in [-0.05, 0) is 19.8 Å². The number of aryl methyl sites for hydroxylation is 1. The van der Waals surface area contributed by atoms with Crippen molar-refractivity contribution in [1.82, 2.24) is 19.5 Å². The van der Waals surface area contributed by atoms with Crippen LogP contribution in [0, 0.1) is 6.92 Å². The molecule has 0 aliphatic carbocycles. The number of anilines is 1. The quantitative estimate of drug-likeness (QED) is 0.835. The molecule has 136 valence electrons. The third-order valence-corrected chi connectivity index (χ3v) is 4.73. The molecule has 0 spiro atoms. The van der Waals surface area contributed by atoms with Gasteiger partial charge in [0.15, 0.2) is 0 Å². The maximum atomic E-state index is 5.32. The molecule has 6 nitrogen and oxygen atoms in total. The molecule has 1 unspecified atom stereocenters. The minimum absolute atomic E-state index is 0.0886. The smallest absolute Gasteiger partial charge is 0.136 e. The number of ether oxygens (including phenoxy) is 1. The molecule has 0 amide bonds. The number of rotatable bonds is 5. The van der Waals surface area contributed by atoms with Gasteiger partial charge in [0, 0.05) is 50.1 Å². The zero-order chi connectivity index (χ0) is 18.0. The van der Waals surface area contributed by atoms with Gasteiger partial charge in [-0.2, -0.15) is 0 Å². The summed E-state index contributed by atoms with van der Waals surface area (Å²) >= 11 is 0. The van der Waals surface area contributed by atoms with Gasteiger partial charge < -0.3 is 14.2 Å². The fourth-order valence-electron chi connectivity index (χ4n) is 3.34. The molecule has 1 atom stereocenters. The molecule has 1 saturated heterocycles. The van der Waals surface area contributed by atoms with Crippen LogP contribution < -0.4 is 4.90 Å². The van der Waals surface area contributed by atoms with Crippen LogP contribution in [0.3, 0.4) is 0 Å².